The Morgan fingerprint density at radius 3 is 2.19 bits per heavy atom. The van der Waals surface area contributed by atoms with Crippen LogP contribution >= 0.6 is 11.6 Å². The molecule has 1 unspecified atom stereocenters. The lowest BCUT2D eigenvalue weighted by Gasteiger charge is -2.31. The third-order valence-electron chi connectivity index (χ3n) is 4.82. The van der Waals surface area contributed by atoms with E-state index in [1.807, 2.05) is 0 Å². The van der Waals surface area contributed by atoms with Crippen LogP contribution < -0.4 is 14.4 Å². The van der Waals surface area contributed by atoms with E-state index in [0.29, 0.717) is 23.0 Å². The van der Waals surface area contributed by atoms with E-state index in [0.717, 1.165) is 16.1 Å². The lowest BCUT2D eigenvalue weighted by atomic mass is 10.1. The highest BCUT2D eigenvalue weighted by Crippen LogP contribution is 2.21. The average Bonchev–Trinajstić information content (AvgIpc) is 2.75. The molecule has 0 saturated carbocycles. The van der Waals surface area contributed by atoms with Crippen molar-refractivity contribution in [2.45, 2.75) is 26.4 Å². The zero-order valence-electron chi connectivity index (χ0n) is 18.5. The number of hydrogen-bond donors (Lipinski definition) is 1. The fourth-order valence-electron chi connectivity index (χ4n) is 3.05. The Morgan fingerprint density at radius 2 is 1.69 bits per heavy atom. The summed E-state index contributed by atoms with van der Waals surface area (Å²) in [6.07, 6.45) is 1.02. The van der Waals surface area contributed by atoms with Crippen molar-refractivity contribution in [3.63, 3.8) is 0 Å². The first-order valence-corrected chi connectivity index (χ1v) is 12.2. The first-order valence-electron chi connectivity index (χ1n) is 10.00. The van der Waals surface area contributed by atoms with Crippen LogP contribution in [0.3, 0.4) is 0 Å². The number of hydrogen-bond acceptors (Lipinski definition) is 5. The quantitative estimate of drug-likeness (QED) is 0.562. The van der Waals surface area contributed by atoms with Crippen molar-refractivity contribution >= 4 is 39.1 Å². The summed E-state index contributed by atoms with van der Waals surface area (Å²) >= 11 is 5.91. The summed E-state index contributed by atoms with van der Waals surface area (Å²) in [7, 11) is -2.22. The number of methoxy groups -OCH3 is 1. The van der Waals surface area contributed by atoms with Crippen LogP contribution in [0.4, 0.5) is 5.69 Å². The summed E-state index contributed by atoms with van der Waals surface area (Å²) in [6, 6.07) is 12.4. The van der Waals surface area contributed by atoms with Gasteiger partial charge in [-0.05, 0) is 55.8 Å². The van der Waals surface area contributed by atoms with Gasteiger partial charge in [0.05, 0.1) is 19.1 Å². The Kier molecular flexibility index (Phi) is 8.91. The van der Waals surface area contributed by atoms with Crippen LogP contribution in [-0.2, 0) is 26.2 Å². The predicted octanol–water partition coefficient (Wildman–Crippen LogP) is 2.67. The number of amides is 2. The summed E-state index contributed by atoms with van der Waals surface area (Å²) in [5.74, 6) is -0.180. The zero-order chi connectivity index (χ0) is 23.9. The van der Waals surface area contributed by atoms with E-state index in [2.05, 4.69) is 5.32 Å². The van der Waals surface area contributed by atoms with Crippen molar-refractivity contribution in [1.82, 2.24) is 10.2 Å². The minimum absolute atomic E-state index is 0.124. The Bertz CT molecular complexity index is 1030. The van der Waals surface area contributed by atoms with Gasteiger partial charge in [-0.15, -0.1) is 0 Å². The predicted molar refractivity (Wildman–Crippen MR) is 125 cm³/mol. The monoisotopic (exact) mass is 481 g/mol. The molecular formula is C22H28ClN3O5S. The van der Waals surface area contributed by atoms with E-state index in [1.54, 1.807) is 57.4 Å². The smallest absolute Gasteiger partial charge is 0.244 e. The molecule has 2 aromatic carbocycles. The number of carbonyl (C=O) groups excluding carboxylic acids is 2. The fraction of sp³-hybridized carbons (Fsp3) is 0.364. The van der Waals surface area contributed by atoms with Crippen LogP contribution in [0.25, 0.3) is 0 Å². The minimum Gasteiger partial charge on any atom is -0.497 e. The number of rotatable bonds is 10. The van der Waals surface area contributed by atoms with Gasteiger partial charge in [0.25, 0.3) is 0 Å². The van der Waals surface area contributed by atoms with Crippen LogP contribution in [-0.4, -0.2) is 57.6 Å². The van der Waals surface area contributed by atoms with E-state index >= 15 is 0 Å². The maximum atomic E-state index is 13.3. The number of nitrogens with one attached hydrogen (secondary N) is 1. The van der Waals surface area contributed by atoms with Gasteiger partial charge in [-0.1, -0.05) is 23.7 Å². The third-order valence-corrected chi connectivity index (χ3v) is 6.22. The highest BCUT2D eigenvalue weighted by molar-refractivity contribution is 7.92. The van der Waals surface area contributed by atoms with Gasteiger partial charge in [0.1, 0.15) is 18.3 Å². The summed E-state index contributed by atoms with van der Waals surface area (Å²) < 4.78 is 31.0. The molecule has 8 nitrogen and oxygen atoms in total. The summed E-state index contributed by atoms with van der Waals surface area (Å²) in [4.78, 5) is 27.2. The van der Waals surface area contributed by atoms with Crippen LogP contribution in [0.1, 0.15) is 19.4 Å². The van der Waals surface area contributed by atoms with Gasteiger partial charge >= 0.3 is 0 Å². The average molecular weight is 482 g/mol. The summed E-state index contributed by atoms with van der Waals surface area (Å²) in [6.45, 7) is 3.47. The number of sulfonamides is 1. The van der Waals surface area contributed by atoms with Gasteiger partial charge in [-0.25, -0.2) is 8.42 Å². The second-order valence-electron chi connectivity index (χ2n) is 7.19. The molecule has 0 aromatic heterocycles. The highest BCUT2D eigenvalue weighted by Gasteiger charge is 2.29. The molecule has 0 aliphatic heterocycles. The molecule has 2 rings (SSSR count). The molecule has 0 aliphatic rings. The Morgan fingerprint density at radius 1 is 1.09 bits per heavy atom. The number of carbonyl (C=O) groups is 2. The molecule has 0 heterocycles. The molecule has 0 fully saturated rings. The largest absolute Gasteiger partial charge is 0.497 e. The van der Waals surface area contributed by atoms with Crippen LogP contribution in [0.5, 0.6) is 5.75 Å². The molecule has 2 aromatic rings. The molecule has 174 valence electrons. The number of likely N-dealkylation sites (N-methyl/N-ethyl adjacent to an activating group) is 1. The highest BCUT2D eigenvalue weighted by atomic mass is 35.5. The van der Waals surface area contributed by atoms with E-state index in [-0.39, 0.29) is 12.5 Å². The van der Waals surface area contributed by atoms with Crippen molar-refractivity contribution in [1.29, 1.82) is 0 Å². The molecule has 0 bridgehead atoms. The van der Waals surface area contributed by atoms with Crippen molar-refractivity contribution < 1.29 is 22.7 Å². The van der Waals surface area contributed by atoms with Crippen LogP contribution in [0.2, 0.25) is 5.02 Å². The molecule has 32 heavy (non-hydrogen) atoms. The van der Waals surface area contributed by atoms with Gasteiger partial charge < -0.3 is 15.0 Å². The van der Waals surface area contributed by atoms with E-state index < -0.39 is 28.5 Å². The maximum absolute atomic E-state index is 13.3. The zero-order valence-corrected chi connectivity index (χ0v) is 20.1. The lowest BCUT2D eigenvalue weighted by molar-refractivity contribution is -0.139. The van der Waals surface area contributed by atoms with Gasteiger partial charge in [-0.3, -0.25) is 13.9 Å². The van der Waals surface area contributed by atoms with Crippen molar-refractivity contribution in [3.8, 4) is 5.75 Å². The van der Waals surface area contributed by atoms with E-state index in [9.17, 15) is 18.0 Å². The van der Waals surface area contributed by atoms with Crippen molar-refractivity contribution in [2.24, 2.45) is 0 Å². The van der Waals surface area contributed by atoms with Crippen molar-refractivity contribution in [3.05, 3.63) is 59.1 Å². The molecule has 0 saturated heterocycles. The van der Waals surface area contributed by atoms with Crippen LogP contribution in [0.15, 0.2) is 48.5 Å². The topological polar surface area (TPSA) is 96.0 Å². The molecular weight excluding hydrogens is 454 g/mol. The number of halogens is 1. The van der Waals surface area contributed by atoms with Gasteiger partial charge in [0.2, 0.25) is 21.8 Å². The Labute approximate surface area is 194 Å². The Hall–Kier alpha value is -2.78. The van der Waals surface area contributed by atoms with Gasteiger partial charge in [0, 0.05) is 18.1 Å². The van der Waals surface area contributed by atoms with Gasteiger partial charge in [0.15, 0.2) is 0 Å². The molecule has 0 spiro atoms. The van der Waals surface area contributed by atoms with Crippen LogP contribution in [0, 0.1) is 0 Å². The molecule has 0 radical (unpaired) electrons. The molecule has 10 heteroatoms. The number of nitrogens with zero attached hydrogens (tertiary/aromatic N) is 2. The first-order chi connectivity index (χ1) is 15.1. The van der Waals surface area contributed by atoms with E-state index in [1.165, 1.54) is 17.0 Å². The maximum Gasteiger partial charge on any atom is 0.244 e. The second-order valence-corrected chi connectivity index (χ2v) is 9.53. The Balaban J connectivity index is 2.35. The molecule has 1 atom stereocenters. The number of anilines is 1. The molecule has 1 N–H and O–H groups in total. The first kappa shape index (κ1) is 25.5. The molecule has 0 aliphatic carbocycles. The SMILES string of the molecule is CCNC(=O)C(C)N(Cc1ccc(OC)cc1)C(=O)CN(c1ccc(Cl)cc1)S(C)(=O)=O. The van der Waals surface area contributed by atoms with E-state index in [4.69, 9.17) is 16.3 Å². The number of benzene rings is 2. The normalized spacial score (nSPS) is 12.0. The standard InChI is InChI=1S/C22H28ClN3O5S/c1-5-24-22(28)16(2)25(14-17-6-12-20(31-3)13-7-17)21(27)15-26(32(4,29)30)19-10-8-18(23)9-11-19/h6-13,16H,5,14-15H2,1-4H3,(H,24,28). The third kappa shape index (κ3) is 6.86. The van der Waals surface area contributed by atoms with Gasteiger partial charge in [-0.2, -0.15) is 0 Å². The fourth-order valence-corrected chi connectivity index (χ4v) is 4.03. The summed E-state index contributed by atoms with van der Waals surface area (Å²) in [5.41, 5.74) is 1.08. The number of ether oxygens (including phenoxy) is 1. The summed E-state index contributed by atoms with van der Waals surface area (Å²) in [5, 5.41) is 3.15. The molecule has 2 amide bonds. The second kappa shape index (κ2) is 11.2. The lowest BCUT2D eigenvalue weighted by Crippen LogP contribution is -2.51. The minimum atomic E-state index is -3.77. The van der Waals surface area contributed by atoms with Crippen molar-refractivity contribution in [2.75, 3.05) is 30.8 Å².